The van der Waals surface area contributed by atoms with E-state index >= 15 is 0 Å². The Labute approximate surface area is 99.1 Å². The molecule has 0 bridgehead atoms. The molecule has 0 saturated heterocycles. The van der Waals surface area contributed by atoms with Gasteiger partial charge in [0.25, 0.3) is 0 Å². The van der Waals surface area contributed by atoms with Gasteiger partial charge in [-0.05, 0) is 24.5 Å². The molecule has 86 valence electrons. The highest BCUT2D eigenvalue weighted by Gasteiger charge is 2.28. The largest absolute Gasteiger partial charge is 0.497 e. The summed E-state index contributed by atoms with van der Waals surface area (Å²) in [6.45, 7) is 0.485. The maximum Gasteiger partial charge on any atom is 0.174 e. The highest BCUT2D eigenvalue weighted by Crippen LogP contribution is 2.31. The zero-order valence-corrected chi connectivity index (χ0v) is 10.2. The van der Waals surface area contributed by atoms with Gasteiger partial charge in [-0.25, -0.2) is 0 Å². The maximum absolute atomic E-state index is 12.1. The molecule has 1 aromatic carbocycles. The molecule has 1 aliphatic rings. The van der Waals surface area contributed by atoms with E-state index in [-0.39, 0.29) is 11.7 Å². The van der Waals surface area contributed by atoms with Gasteiger partial charge in [-0.1, -0.05) is 0 Å². The Morgan fingerprint density at radius 3 is 3.06 bits per heavy atom. The summed E-state index contributed by atoms with van der Waals surface area (Å²) in [5.74, 6) is 2.29. The standard InChI is InChI=1S/C12H14O3S/c1-14-9-3-4-11-10(5-9)12(13)8(6-15-11)7-16-2/h3-5,8H,6-7H2,1-2H3. The van der Waals surface area contributed by atoms with Crippen LogP contribution in [0.5, 0.6) is 11.5 Å². The molecule has 1 atom stereocenters. The van der Waals surface area contributed by atoms with Crippen molar-refractivity contribution in [3.63, 3.8) is 0 Å². The summed E-state index contributed by atoms with van der Waals surface area (Å²) < 4.78 is 10.7. The Balaban J connectivity index is 2.31. The minimum Gasteiger partial charge on any atom is -0.497 e. The van der Waals surface area contributed by atoms with Crippen molar-refractivity contribution in [2.24, 2.45) is 5.92 Å². The van der Waals surface area contributed by atoms with Gasteiger partial charge in [-0.15, -0.1) is 0 Å². The zero-order chi connectivity index (χ0) is 11.5. The topological polar surface area (TPSA) is 35.5 Å². The summed E-state index contributed by atoms with van der Waals surface area (Å²) in [5.41, 5.74) is 0.643. The number of carbonyl (C=O) groups is 1. The van der Waals surface area contributed by atoms with Crippen LogP contribution in [0.2, 0.25) is 0 Å². The number of fused-ring (bicyclic) bond motifs is 1. The van der Waals surface area contributed by atoms with Gasteiger partial charge in [-0.2, -0.15) is 11.8 Å². The van der Waals surface area contributed by atoms with E-state index in [4.69, 9.17) is 9.47 Å². The van der Waals surface area contributed by atoms with Crippen LogP contribution in [0.4, 0.5) is 0 Å². The molecule has 0 saturated carbocycles. The first kappa shape index (κ1) is 11.3. The van der Waals surface area contributed by atoms with Crippen LogP contribution in [0.25, 0.3) is 0 Å². The first-order valence-electron chi connectivity index (χ1n) is 5.10. The molecule has 1 heterocycles. The molecular weight excluding hydrogens is 224 g/mol. The minimum atomic E-state index is -0.0328. The molecule has 0 fully saturated rings. The number of rotatable bonds is 3. The van der Waals surface area contributed by atoms with E-state index in [1.54, 1.807) is 37.1 Å². The van der Waals surface area contributed by atoms with Gasteiger partial charge in [0, 0.05) is 5.75 Å². The fraction of sp³-hybridized carbons (Fsp3) is 0.417. The molecule has 2 rings (SSSR count). The Morgan fingerprint density at radius 2 is 2.38 bits per heavy atom. The highest BCUT2D eigenvalue weighted by atomic mass is 32.2. The van der Waals surface area contributed by atoms with E-state index < -0.39 is 0 Å². The molecule has 1 aromatic rings. The number of carbonyl (C=O) groups excluding carboxylic acids is 1. The Kier molecular flexibility index (Phi) is 3.39. The summed E-state index contributed by atoms with van der Waals surface area (Å²) in [7, 11) is 1.59. The molecule has 0 amide bonds. The van der Waals surface area contributed by atoms with Crippen LogP contribution in [0.1, 0.15) is 10.4 Å². The van der Waals surface area contributed by atoms with Crippen molar-refractivity contribution in [1.82, 2.24) is 0 Å². The number of ether oxygens (including phenoxy) is 2. The van der Waals surface area contributed by atoms with Gasteiger partial charge in [0.1, 0.15) is 11.5 Å². The van der Waals surface area contributed by atoms with E-state index in [0.717, 1.165) is 5.75 Å². The number of ketones is 1. The molecule has 0 spiro atoms. The molecule has 16 heavy (non-hydrogen) atoms. The summed E-state index contributed by atoms with van der Waals surface area (Å²) >= 11 is 1.66. The molecule has 1 aliphatic heterocycles. The summed E-state index contributed by atoms with van der Waals surface area (Å²) in [6, 6.07) is 5.35. The van der Waals surface area contributed by atoms with Gasteiger partial charge < -0.3 is 9.47 Å². The van der Waals surface area contributed by atoms with Crippen LogP contribution in [0.3, 0.4) is 0 Å². The lowest BCUT2D eigenvalue weighted by molar-refractivity contribution is 0.0852. The fourth-order valence-electron chi connectivity index (χ4n) is 1.77. The van der Waals surface area contributed by atoms with Crippen molar-refractivity contribution < 1.29 is 14.3 Å². The maximum atomic E-state index is 12.1. The van der Waals surface area contributed by atoms with Gasteiger partial charge >= 0.3 is 0 Å². The quantitative estimate of drug-likeness (QED) is 0.809. The third-order valence-electron chi connectivity index (χ3n) is 2.63. The van der Waals surface area contributed by atoms with E-state index in [0.29, 0.717) is 23.7 Å². The van der Waals surface area contributed by atoms with Crippen molar-refractivity contribution in [3.8, 4) is 11.5 Å². The average molecular weight is 238 g/mol. The van der Waals surface area contributed by atoms with E-state index in [1.807, 2.05) is 6.26 Å². The lowest BCUT2D eigenvalue weighted by Crippen LogP contribution is -2.29. The number of Topliss-reactive ketones (excluding diaryl/α,β-unsaturated/α-hetero) is 1. The van der Waals surface area contributed by atoms with Crippen molar-refractivity contribution >= 4 is 17.5 Å². The zero-order valence-electron chi connectivity index (χ0n) is 9.36. The molecule has 1 unspecified atom stereocenters. The van der Waals surface area contributed by atoms with Gasteiger partial charge in [0.15, 0.2) is 5.78 Å². The lowest BCUT2D eigenvalue weighted by Gasteiger charge is -2.23. The third-order valence-corrected chi connectivity index (χ3v) is 3.37. The summed E-state index contributed by atoms with van der Waals surface area (Å²) in [6.07, 6.45) is 1.99. The van der Waals surface area contributed by atoms with Crippen molar-refractivity contribution in [3.05, 3.63) is 23.8 Å². The second-order valence-corrected chi connectivity index (χ2v) is 4.60. The SMILES string of the molecule is COc1ccc2c(c1)C(=O)C(CSC)CO2. The Hall–Kier alpha value is -1.16. The predicted octanol–water partition coefficient (Wildman–Crippen LogP) is 2.25. The molecule has 0 N–H and O–H groups in total. The predicted molar refractivity (Wildman–Crippen MR) is 64.7 cm³/mol. The number of methoxy groups -OCH3 is 1. The molecule has 3 nitrogen and oxygen atoms in total. The van der Waals surface area contributed by atoms with Crippen molar-refractivity contribution in [2.75, 3.05) is 25.7 Å². The lowest BCUT2D eigenvalue weighted by atomic mass is 9.96. The Bertz CT molecular complexity index is 403. The third kappa shape index (κ3) is 2.02. The second-order valence-electron chi connectivity index (χ2n) is 3.69. The normalized spacial score (nSPS) is 18.9. The Morgan fingerprint density at radius 1 is 1.56 bits per heavy atom. The molecule has 4 heteroatoms. The van der Waals surface area contributed by atoms with E-state index in [1.165, 1.54) is 0 Å². The van der Waals surface area contributed by atoms with Crippen LogP contribution >= 0.6 is 11.8 Å². The van der Waals surface area contributed by atoms with Crippen LogP contribution in [0, 0.1) is 5.92 Å². The molecule has 0 aliphatic carbocycles. The average Bonchev–Trinajstić information content (AvgIpc) is 2.33. The molecular formula is C12H14O3S. The van der Waals surface area contributed by atoms with Crippen LogP contribution < -0.4 is 9.47 Å². The first-order valence-corrected chi connectivity index (χ1v) is 6.49. The fourth-order valence-corrected chi connectivity index (χ4v) is 2.42. The highest BCUT2D eigenvalue weighted by molar-refractivity contribution is 7.98. The summed E-state index contributed by atoms with van der Waals surface area (Å²) in [5, 5.41) is 0. The monoisotopic (exact) mass is 238 g/mol. The van der Waals surface area contributed by atoms with Crippen LogP contribution in [0.15, 0.2) is 18.2 Å². The number of hydrogen-bond acceptors (Lipinski definition) is 4. The first-order chi connectivity index (χ1) is 7.76. The van der Waals surface area contributed by atoms with Crippen LogP contribution in [-0.2, 0) is 0 Å². The molecule has 0 aromatic heterocycles. The minimum absolute atomic E-state index is 0.0328. The van der Waals surface area contributed by atoms with Gasteiger partial charge in [0.2, 0.25) is 0 Å². The number of hydrogen-bond donors (Lipinski definition) is 0. The van der Waals surface area contributed by atoms with Crippen LogP contribution in [-0.4, -0.2) is 31.5 Å². The number of benzene rings is 1. The molecule has 0 radical (unpaired) electrons. The van der Waals surface area contributed by atoms with E-state index in [2.05, 4.69) is 0 Å². The van der Waals surface area contributed by atoms with E-state index in [9.17, 15) is 4.79 Å². The second kappa shape index (κ2) is 4.78. The van der Waals surface area contributed by atoms with Gasteiger partial charge in [-0.3, -0.25) is 4.79 Å². The van der Waals surface area contributed by atoms with Crippen molar-refractivity contribution in [2.45, 2.75) is 0 Å². The van der Waals surface area contributed by atoms with Gasteiger partial charge in [0.05, 0.1) is 25.2 Å². The van der Waals surface area contributed by atoms with Crippen molar-refractivity contribution in [1.29, 1.82) is 0 Å². The number of thioether (sulfide) groups is 1. The smallest absolute Gasteiger partial charge is 0.174 e. The summed E-state index contributed by atoms with van der Waals surface area (Å²) in [4.78, 5) is 12.1.